The lowest BCUT2D eigenvalue weighted by Crippen LogP contribution is -2.19. The van der Waals surface area contributed by atoms with Gasteiger partial charge in [0.1, 0.15) is 13.2 Å². The lowest BCUT2D eigenvalue weighted by molar-refractivity contribution is 0.172. The molecule has 2 N–H and O–H groups in total. The van der Waals surface area contributed by atoms with Crippen LogP contribution in [0.5, 0.6) is 11.5 Å². The summed E-state index contributed by atoms with van der Waals surface area (Å²) in [5.74, 6) is 1.84. The van der Waals surface area contributed by atoms with Crippen LogP contribution in [0.15, 0.2) is 18.2 Å². The van der Waals surface area contributed by atoms with Crippen molar-refractivity contribution in [3.63, 3.8) is 0 Å². The van der Waals surface area contributed by atoms with Crippen molar-refractivity contribution in [3.05, 3.63) is 40.5 Å². The molecule has 0 bridgehead atoms. The highest BCUT2D eigenvalue weighted by molar-refractivity contribution is 5.89. The molecule has 0 saturated heterocycles. The smallest absolute Gasteiger partial charge is 0.169 e. The van der Waals surface area contributed by atoms with Crippen LogP contribution < -0.4 is 15.2 Å². The Hall–Kier alpha value is -2.16. The highest BCUT2D eigenvalue weighted by Crippen LogP contribution is 2.49. The number of benzene rings is 2. The second-order valence-electron chi connectivity index (χ2n) is 7.50. The van der Waals surface area contributed by atoms with E-state index in [9.17, 15) is 0 Å². The summed E-state index contributed by atoms with van der Waals surface area (Å²) in [6.45, 7) is 1.25. The number of nitrogens with two attached hydrogens (primary N) is 1. The number of ether oxygens (including phenoxy) is 2. The van der Waals surface area contributed by atoms with Crippen molar-refractivity contribution in [2.24, 2.45) is 0 Å². The van der Waals surface area contributed by atoms with Gasteiger partial charge >= 0.3 is 0 Å². The van der Waals surface area contributed by atoms with Crippen molar-refractivity contribution in [2.75, 3.05) is 18.9 Å². The maximum absolute atomic E-state index is 6.55. The van der Waals surface area contributed by atoms with E-state index in [1.165, 1.54) is 59.1 Å². The summed E-state index contributed by atoms with van der Waals surface area (Å²) < 4.78 is 12.1. The molecule has 3 nitrogen and oxygen atoms in total. The summed E-state index contributed by atoms with van der Waals surface area (Å²) in [5, 5.41) is 0. The van der Waals surface area contributed by atoms with E-state index in [-0.39, 0.29) is 0 Å². The zero-order chi connectivity index (χ0) is 16.8. The third-order valence-corrected chi connectivity index (χ3v) is 5.97. The minimum Gasteiger partial charge on any atom is -0.486 e. The lowest BCUT2D eigenvalue weighted by Gasteiger charge is -2.30. The van der Waals surface area contributed by atoms with E-state index < -0.39 is 0 Å². The molecule has 0 spiro atoms. The number of fused-ring (bicyclic) bond motifs is 3. The van der Waals surface area contributed by atoms with Gasteiger partial charge in [-0.3, -0.25) is 0 Å². The Morgan fingerprint density at radius 3 is 2.24 bits per heavy atom. The quantitative estimate of drug-likeness (QED) is 0.782. The van der Waals surface area contributed by atoms with E-state index >= 15 is 0 Å². The SMILES string of the molecule is Nc1ccc2c(c1-c1c3c(cc4c1OCCO4)CCCC3)CCCC2. The molecular weight excluding hydrogens is 310 g/mol. The normalized spacial score (nSPS) is 18.4. The van der Waals surface area contributed by atoms with Crippen LogP contribution in [0, 0.1) is 0 Å². The summed E-state index contributed by atoms with van der Waals surface area (Å²) in [7, 11) is 0. The predicted molar refractivity (Wildman–Crippen MR) is 101 cm³/mol. The molecule has 0 saturated carbocycles. The van der Waals surface area contributed by atoms with Crippen LogP contribution in [0.4, 0.5) is 5.69 Å². The van der Waals surface area contributed by atoms with Crippen molar-refractivity contribution in [2.45, 2.75) is 51.4 Å². The van der Waals surface area contributed by atoms with Crippen LogP contribution in [0.3, 0.4) is 0 Å². The number of hydrogen-bond donors (Lipinski definition) is 1. The summed E-state index contributed by atoms with van der Waals surface area (Å²) in [4.78, 5) is 0. The van der Waals surface area contributed by atoms with Crippen LogP contribution in [-0.2, 0) is 25.7 Å². The third-order valence-electron chi connectivity index (χ3n) is 5.97. The molecule has 0 radical (unpaired) electrons. The Morgan fingerprint density at radius 2 is 1.40 bits per heavy atom. The van der Waals surface area contributed by atoms with Crippen LogP contribution in [0.25, 0.3) is 11.1 Å². The van der Waals surface area contributed by atoms with Crippen LogP contribution in [0.2, 0.25) is 0 Å². The van der Waals surface area contributed by atoms with Gasteiger partial charge in [-0.05, 0) is 85.8 Å². The van der Waals surface area contributed by atoms with E-state index in [1.54, 1.807) is 0 Å². The van der Waals surface area contributed by atoms with Crippen molar-refractivity contribution in [3.8, 4) is 22.6 Å². The predicted octanol–water partition coefficient (Wildman–Crippen LogP) is 4.46. The number of aryl methyl sites for hydroxylation is 2. The molecule has 2 aromatic carbocycles. The van der Waals surface area contributed by atoms with E-state index in [0.29, 0.717) is 13.2 Å². The molecule has 0 aromatic heterocycles. The Morgan fingerprint density at radius 1 is 0.720 bits per heavy atom. The van der Waals surface area contributed by atoms with E-state index in [2.05, 4.69) is 18.2 Å². The van der Waals surface area contributed by atoms with Crippen LogP contribution >= 0.6 is 0 Å². The van der Waals surface area contributed by atoms with E-state index in [1.807, 2.05) is 0 Å². The van der Waals surface area contributed by atoms with Gasteiger partial charge in [0.05, 0.1) is 0 Å². The Balaban J connectivity index is 1.83. The zero-order valence-electron chi connectivity index (χ0n) is 14.7. The van der Waals surface area contributed by atoms with Crippen LogP contribution in [0.1, 0.15) is 47.9 Å². The number of nitrogen functional groups attached to an aromatic ring is 1. The van der Waals surface area contributed by atoms with Gasteiger partial charge in [-0.2, -0.15) is 0 Å². The number of hydrogen-bond acceptors (Lipinski definition) is 3. The molecule has 0 unspecified atom stereocenters. The minimum absolute atomic E-state index is 0.619. The van der Waals surface area contributed by atoms with Gasteiger partial charge in [-0.25, -0.2) is 0 Å². The first-order valence-corrected chi connectivity index (χ1v) is 9.68. The summed E-state index contributed by atoms with van der Waals surface area (Å²) in [6.07, 6.45) is 9.56. The Bertz CT molecular complexity index is 806. The first-order chi connectivity index (χ1) is 12.3. The van der Waals surface area contributed by atoms with Gasteiger partial charge in [0.15, 0.2) is 11.5 Å². The van der Waals surface area contributed by atoms with Crippen molar-refractivity contribution >= 4 is 5.69 Å². The Labute approximate surface area is 149 Å². The van der Waals surface area contributed by atoms with Gasteiger partial charge in [-0.15, -0.1) is 0 Å². The average molecular weight is 335 g/mol. The van der Waals surface area contributed by atoms with Crippen LogP contribution in [-0.4, -0.2) is 13.2 Å². The van der Waals surface area contributed by atoms with E-state index in [4.69, 9.17) is 15.2 Å². The monoisotopic (exact) mass is 335 g/mol. The van der Waals surface area contributed by atoms with Gasteiger partial charge in [-0.1, -0.05) is 6.07 Å². The maximum Gasteiger partial charge on any atom is 0.169 e. The molecule has 0 amide bonds. The van der Waals surface area contributed by atoms with Gasteiger partial charge in [0.25, 0.3) is 0 Å². The zero-order valence-corrected chi connectivity index (χ0v) is 14.7. The molecule has 3 heteroatoms. The highest BCUT2D eigenvalue weighted by atomic mass is 16.6. The molecule has 130 valence electrons. The van der Waals surface area contributed by atoms with Gasteiger partial charge < -0.3 is 15.2 Å². The third kappa shape index (κ3) is 2.40. The topological polar surface area (TPSA) is 44.5 Å². The van der Waals surface area contributed by atoms with Crippen molar-refractivity contribution < 1.29 is 9.47 Å². The molecule has 5 rings (SSSR count). The van der Waals surface area contributed by atoms with Gasteiger partial charge in [0.2, 0.25) is 0 Å². The fourth-order valence-electron chi connectivity index (χ4n) is 4.81. The lowest BCUT2D eigenvalue weighted by atomic mass is 9.79. The summed E-state index contributed by atoms with van der Waals surface area (Å²) in [5.41, 5.74) is 15.7. The molecule has 1 aliphatic heterocycles. The average Bonchev–Trinajstić information content (AvgIpc) is 2.67. The second kappa shape index (κ2) is 5.98. The highest BCUT2D eigenvalue weighted by Gasteiger charge is 2.29. The van der Waals surface area contributed by atoms with Crippen molar-refractivity contribution in [1.82, 2.24) is 0 Å². The Kier molecular flexibility index (Phi) is 3.61. The minimum atomic E-state index is 0.619. The number of rotatable bonds is 1. The van der Waals surface area contributed by atoms with E-state index in [0.717, 1.165) is 42.9 Å². The molecule has 0 atom stereocenters. The molecule has 25 heavy (non-hydrogen) atoms. The summed E-state index contributed by atoms with van der Waals surface area (Å²) in [6, 6.07) is 6.54. The molecule has 3 aliphatic rings. The molecular formula is C22H25NO2. The number of anilines is 1. The molecule has 0 fully saturated rings. The fraction of sp³-hybridized carbons (Fsp3) is 0.455. The largest absolute Gasteiger partial charge is 0.486 e. The van der Waals surface area contributed by atoms with Crippen molar-refractivity contribution in [1.29, 1.82) is 0 Å². The first kappa shape index (κ1) is 15.1. The maximum atomic E-state index is 6.55. The first-order valence-electron chi connectivity index (χ1n) is 9.68. The molecule has 1 heterocycles. The fourth-order valence-corrected chi connectivity index (χ4v) is 4.81. The molecule has 2 aliphatic carbocycles. The second-order valence-corrected chi connectivity index (χ2v) is 7.50. The summed E-state index contributed by atoms with van der Waals surface area (Å²) >= 11 is 0. The van der Waals surface area contributed by atoms with Gasteiger partial charge in [0, 0.05) is 16.8 Å². The standard InChI is InChI=1S/C22H25NO2/c23-18-10-9-14-5-1-3-7-16(14)20(18)21-17-8-4-2-6-15(17)13-19-22(21)25-12-11-24-19/h9-10,13H,1-8,11-12,23H2. The molecule has 2 aromatic rings.